The fraction of sp³-hybridized carbons (Fsp3) is 0.109. The number of ether oxygens (including phenoxy) is 1. The van der Waals surface area contributed by atoms with Crippen LogP contribution in [-0.4, -0.2) is 28.5 Å². The van der Waals surface area contributed by atoms with Crippen LogP contribution in [0, 0.1) is 12.1 Å². The average Bonchev–Trinajstić information content (AvgIpc) is 3.99. The third-order valence-corrected chi connectivity index (χ3v) is 12.3. The second kappa shape index (κ2) is 15.1. The van der Waals surface area contributed by atoms with Crippen LogP contribution in [0.5, 0.6) is 11.5 Å². The molecule has 0 aliphatic heterocycles. The molecule has 0 N–H and O–H groups in total. The summed E-state index contributed by atoms with van der Waals surface area (Å²) in [5, 5.41) is 5.53. The first-order chi connectivity index (χ1) is 30.4. The fourth-order valence-corrected chi connectivity index (χ4v) is 9.49. The predicted octanol–water partition coefficient (Wildman–Crippen LogP) is 13.9. The van der Waals surface area contributed by atoms with E-state index in [1.807, 2.05) is 30.5 Å². The minimum absolute atomic E-state index is 0. The SMILES string of the molecule is CC(C)c1cccc(C(C)C)c1-n1c(-c2[c-]c(Oc3[c-]c4c(cc3)c3ccccc3n4-c3ccccn3)c3nc4c5ccccc5c5ccccc5n4c3c2)nc2ccccc21.[Pt+2]. The fourth-order valence-electron chi connectivity index (χ4n) is 9.49. The van der Waals surface area contributed by atoms with E-state index >= 15 is 0 Å². The summed E-state index contributed by atoms with van der Waals surface area (Å²) in [6, 6.07) is 60.3. The topological polar surface area (TPSA) is 62.2 Å². The number of rotatable bonds is 7. The molecule has 0 bridgehead atoms. The van der Waals surface area contributed by atoms with Crippen molar-refractivity contribution in [1.29, 1.82) is 0 Å². The zero-order valence-electron chi connectivity index (χ0n) is 35.1. The average molecular weight is 996 g/mol. The number of para-hydroxylation sites is 5. The molecule has 0 amide bonds. The van der Waals surface area contributed by atoms with E-state index in [1.165, 1.54) is 11.1 Å². The van der Waals surface area contributed by atoms with Crippen LogP contribution in [0.15, 0.2) is 158 Å². The number of imidazole rings is 2. The molecule has 7 aromatic carbocycles. The van der Waals surface area contributed by atoms with Crippen molar-refractivity contribution in [3.05, 3.63) is 181 Å². The molecule has 0 saturated heterocycles. The summed E-state index contributed by atoms with van der Waals surface area (Å²) in [4.78, 5) is 15.6. The van der Waals surface area contributed by atoms with Gasteiger partial charge in [0.2, 0.25) is 0 Å². The van der Waals surface area contributed by atoms with E-state index in [9.17, 15) is 0 Å². The summed E-state index contributed by atoms with van der Waals surface area (Å²) < 4.78 is 13.9. The van der Waals surface area contributed by atoms with Gasteiger partial charge in [-0.25, -0.2) is 4.98 Å². The molecule has 63 heavy (non-hydrogen) atoms. The number of hydrogen-bond donors (Lipinski definition) is 0. The van der Waals surface area contributed by atoms with E-state index in [-0.39, 0.29) is 32.9 Å². The summed E-state index contributed by atoms with van der Waals surface area (Å²) in [6.07, 6.45) is 1.82. The van der Waals surface area contributed by atoms with Gasteiger partial charge in [-0.1, -0.05) is 136 Å². The first-order valence-corrected chi connectivity index (χ1v) is 21.3. The smallest absolute Gasteiger partial charge is 0.501 e. The molecule has 12 aromatic rings. The van der Waals surface area contributed by atoms with Crippen LogP contribution in [0.4, 0.5) is 0 Å². The van der Waals surface area contributed by atoms with Crippen LogP contribution >= 0.6 is 0 Å². The van der Waals surface area contributed by atoms with Gasteiger partial charge in [-0.15, -0.1) is 29.1 Å². The Balaban J connectivity index is 0.00000444. The van der Waals surface area contributed by atoms with Crippen molar-refractivity contribution in [1.82, 2.24) is 28.5 Å². The number of aromatic nitrogens is 6. The molecule has 5 heterocycles. The van der Waals surface area contributed by atoms with Gasteiger partial charge in [0.15, 0.2) is 0 Å². The third kappa shape index (κ3) is 6.01. The van der Waals surface area contributed by atoms with E-state index in [0.29, 0.717) is 17.0 Å². The molecule has 0 saturated carbocycles. The summed E-state index contributed by atoms with van der Waals surface area (Å²) in [7, 11) is 0. The number of nitrogens with zero attached hydrogens (tertiary/aromatic N) is 6. The van der Waals surface area contributed by atoms with E-state index in [0.717, 1.165) is 88.6 Å². The maximum absolute atomic E-state index is 7.09. The molecule has 0 radical (unpaired) electrons. The van der Waals surface area contributed by atoms with Gasteiger partial charge in [-0.3, -0.25) is 9.97 Å². The van der Waals surface area contributed by atoms with Crippen molar-refractivity contribution in [2.45, 2.75) is 39.5 Å². The predicted molar refractivity (Wildman–Crippen MR) is 252 cm³/mol. The van der Waals surface area contributed by atoms with Crippen molar-refractivity contribution in [3.8, 4) is 34.4 Å². The van der Waals surface area contributed by atoms with Crippen molar-refractivity contribution >= 4 is 71.2 Å². The molecule has 306 valence electrons. The summed E-state index contributed by atoms with van der Waals surface area (Å²) in [6.45, 7) is 9.06. The normalized spacial score (nSPS) is 12.0. The zero-order valence-corrected chi connectivity index (χ0v) is 37.3. The number of fused-ring (bicyclic) bond motifs is 12. The van der Waals surface area contributed by atoms with E-state index in [1.54, 1.807) is 0 Å². The first-order valence-electron chi connectivity index (χ1n) is 21.3. The summed E-state index contributed by atoms with van der Waals surface area (Å²) in [5.41, 5.74) is 11.8. The van der Waals surface area contributed by atoms with Crippen molar-refractivity contribution < 1.29 is 25.8 Å². The molecule has 0 atom stereocenters. The molecule has 5 aromatic heterocycles. The van der Waals surface area contributed by atoms with Gasteiger partial charge in [0, 0.05) is 39.4 Å². The zero-order chi connectivity index (χ0) is 41.6. The quantitative estimate of drug-likeness (QED) is 0.118. The van der Waals surface area contributed by atoms with E-state index in [2.05, 4.69) is 181 Å². The maximum Gasteiger partial charge on any atom is 2.00 e. The first kappa shape index (κ1) is 38.8. The molecular formula is C55H40N6OPt. The number of benzene rings is 7. The van der Waals surface area contributed by atoms with Crippen molar-refractivity contribution in [2.75, 3.05) is 0 Å². The Morgan fingerprint density at radius 3 is 1.92 bits per heavy atom. The van der Waals surface area contributed by atoms with Gasteiger partial charge >= 0.3 is 21.1 Å². The van der Waals surface area contributed by atoms with Gasteiger partial charge < -0.3 is 18.3 Å². The Labute approximate surface area is 378 Å². The Morgan fingerprint density at radius 1 is 0.540 bits per heavy atom. The van der Waals surface area contributed by atoms with Crippen molar-refractivity contribution in [2.24, 2.45) is 0 Å². The minimum atomic E-state index is 0. The molecule has 7 nitrogen and oxygen atoms in total. The van der Waals surface area contributed by atoms with Gasteiger partial charge in [0.25, 0.3) is 0 Å². The molecule has 0 spiro atoms. The third-order valence-electron chi connectivity index (χ3n) is 12.3. The van der Waals surface area contributed by atoms with Crippen LogP contribution in [-0.2, 0) is 21.1 Å². The summed E-state index contributed by atoms with van der Waals surface area (Å²) in [5.74, 6) is 3.17. The van der Waals surface area contributed by atoms with Crippen molar-refractivity contribution in [3.63, 3.8) is 0 Å². The minimum Gasteiger partial charge on any atom is -0.501 e. The maximum atomic E-state index is 7.09. The monoisotopic (exact) mass is 995 g/mol. The molecule has 8 heteroatoms. The van der Waals surface area contributed by atoms with Crippen LogP contribution in [0.2, 0.25) is 0 Å². The van der Waals surface area contributed by atoms with Gasteiger partial charge in [0.05, 0.1) is 28.1 Å². The van der Waals surface area contributed by atoms with E-state index < -0.39 is 0 Å². The van der Waals surface area contributed by atoms with Crippen LogP contribution in [0.3, 0.4) is 0 Å². The summed E-state index contributed by atoms with van der Waals surface area (Å²) >= 11 is 0. The van der Waals surface area contributed by atoms with Gasteiger partial charge in [0.1, 0.15) is 11.5 Å². The molecule has 0 aliphatic carbocycles. The Kier molecular flexibility index (Phi) is 9.29. The molecular weight excluding hydrogens is 956 g/mol. The second-order valence-electron chi connectivity index (χ2n) is 16.7. The molecule has 12 rings (SSSR count). The van der Waals surface area contributed by atoms with Gasteiger partial charge in [-0.2, -0.15) is 6.07 Å². The number of hydrogen-bond acceptors (Lipinski definition) is 4. The largest absolute Gasteiger partial charge is 2.00 e. The van der Waals surface area contributed by atoms with Crippen LogP contribution in [0.1, 0.15) is 50.7 Å². The number of pyridine rings is 2. The van der Waals surface area contributed by atoms with E-state index in [4.69, 9.17) is 19.7 Å². The van der Waals surface area contributed by atoms with Crippen LogP contribution in [0.25, 0.3) is 94.1 Å². The van der Waals surface area contributed by atoms with Gasteiger partial charge in [-0.05, 0) is 75.7 Å². The molecule has 0 aliphatic rings. The Bertz CT molecular complexity index is 3720. The second-order valence-corrected chi connectivity index (χ2v) is 16.7. The van der Waals surface area contributed by atoms with Crippen LogP contribution < -0.4 is 4.74 Å². The molecule has 0 unspecified atom stereocenters. The standard InChI is InChI=1S/C55H40N6O.Pt/c1-33(2)37-20-15-21-38(34(3)4)53(37)61-47-25-12-9-22-44(47)57-54(61)35-30-49-52(58-55-43-19-6-5-16-39(43)40-17-7-11-24-46(40)60(49)55)50(31-35)62-36-27-28-42-41-18-8-10-23-45(41)59(48(42)32-36)51-26-13-14-29-56-51;/h5-30,33-34H,1-4H3;/q-2;+2. The Hall–Kier alpha value is -7.08. The Morgan fingerprint density at radius 2 is 1.19 bits per heavy atom. The molecule has 0 fully saturated rings.